The van der Waals surface area contributed by atoms with Crippen LogP contribution in [0.5, 0.6) is 5.75 Å². The highest BCUT2D eigenvalue weighted by Crippen LogP contribution is 2.54. The van der Waals surface area contributed by atoms with Gasteiger partial charge in [-0.05, 0) is 18.1 Å². The predicted octanol–water partition coefficient (Wildman–Crippen LogP) is 2.27. The van der Waals surface area contributed by atoms with Gasteiger partial charge in [0.05, 0.1) is 25.5 Å². The van der Waals surface area contributed by atoms with Gasteiger partial charge in [0.15, 0.2) is 0 Å². The van der Waals surface area contributed by atoms with Gasteiger partial charge in [-0.25, -0.2) is 0 Å². The Kier molecular flexibility index (Phi) is 4.41. The molecular weight excluding hydrogens is 394 g/mol. The zero-order valence-corrected chi connectivity index (χ0v) is 17.7. The molecule has 2 aromatic carbocycles. The first kappa shape index (κ1) is 19.8. The predicted molar refractivity (Wildman–Crippen MR) is 114 cm³/mol. The molecule has 0 saturated carbocycles. The number of fused-ring (bicyclic) bond motifs is 4. The Labute approximate surface area is 180 Å². The van der Waals surface area contributed by atoms with Crippen LogP contribution >= 0.6 is 0 Å². The van der Waals surface area contributed by atoms with Crippen molar-refractivity contribution in [3.63, 3.8) is 0 Å². The number of amides is 3. The Balaban J connectivity index is 1.60. The van der Waals surface area contributed by atoms with Gasteiger partial charge in [0.1, 0.15) is 11.3 Å². The molecule has 7 heteroatoms. The van der Waals surface area contributed by atoms with Gasteiger partial charge in [-0.3, -0.25) is 24.6 Å². The summed E-state index contributed by atoms with van der Waals surface area (Å²) in [6, 6.07) is 14.5. The monoisotopic (exact) mass is 419 g/mol. The number of hydrogen-bond donors (Lipinski definition) is 2. The molecule has 0 radical (unpaired) electrons. The fourth-order valence-electron chi connectivity index (χ4n) is 5.48. The molecule has 4 atom stereocenters. The molecule has 160 valence electrons. The number of ether oxygens (including phenoxy) is 1. The molecule has 2 saturated heterocycles. The zero-order valence-electron chi connectivity index (χ0n) is 17.7. The highest BCUT2D eigenvalue weighted by Gasteiger charge is 2.70. The maximum absolute atomic E-state index is 13.7. The number of nitrogens with one attached hydrogen (secondary N) is 2. The molecule has 31 heavy (non-hydrogen) atoms. The topological polar surface area (TPSA) is 87.7 Å². The van der Waals surface area contributed by atoms with Crippen molar-refractivity contribution in [2.75, 3.05) is 12.4 Å². The lowest BCUT2D eigenvalue weighted by atomic mass is 9.76. The number of methoxy groups -OCH3 is 1. The van der Waals surface area contributed by atoms with Crippen molar-refractivity contribution in [2.45, 2.75) is 32.0 Å². The molecule has 1 spiro atoms. The molecule has 3 aliphatic heterocycles. The molecule has 0 unspecified atom stereocenters. The van der Waals surface area contributed by atoms with E-state index in [9.17, 15) is 14.4 Å². The van der Waals surface area contributed by atoms with Crippen molar-refractivity contribution in [1.29, 1.82) is 0 Å². The van der Waals surface area contributed by atoms with E-state index in [0.717, 1.165) is 11.1 Å². The van der Waals surface area contributed by atoms with Crippen LogP contribution in [0, 0.1) is 17.8 Å². The highest BCUT2D eigenvalue weighted by atomic mass is 16.5. The van der Waals surface area contributed by atoms with E-state index in [0.29, 0.717) is 11.4 Å². The number of imide groups is 1. The molecule has 2 aromatic rings. The summed E-state index contributed by atoms with van der Waals surface area (Å²) in [6.07, 6.45) is 0. The van der Waals surface area contributed by atoms with E-state index < -0.39 is 17.4 Å². The van der Waals surface area contributed by atoms with Crippen molar-refractivity contribution in [3.8, 4) is 5.75 Å². The first-order valence-corrected chi connectivity index (χ1v) is 10.6. The van der Waals surface area contributed by atoms with Crippen molar-refractivity contribution < 1.29 is 19.1 Å². The summed E-state index contributed by atoms with van der Waals surface area (Å²) in [5, 5.41) is 6.35. The second kappa shape index (κ2) is 6.92. The van der Waals surface area contributed by atoms with Crippen LogP contribution < -0.4 is 15.4 Å². The Morgan fingerprint density at radius 1 is 1.03 bits per heavy atom. The third-order valence-electron chi connectivity index (χ3n) is 6.89. The summed E-state index contributed by atoms with van der Waals surface area (Å²) >= 11 is 0. The van der Waals surface area contributed by atoms with Crippen LogP contribution in [0.1, 0.15) is 25.0 Å². The molecule has 2 fully saturated rings. The lowest BCUT2D eigenvalue weighted by Crippen LogP contribution is -2.53. The third-order valence-corrected chi connectivity index (χ3v) is 6.89. The number of carbonyl (C=O) groups excluding carboxylic acids is 3. The molecule has 0 aromatic heterocycles. The average molecular weight is 419 g/mol. The number of para-hydroxylation sites is 2. The molecular formula is C24H25N3O4. The summed E-state index contributed by atoms with van der Waals surface area (Å²) in [6.45, 7) is 4.14. The van der Waals surface area contributed by atoms with Gasteiger partial charge in [-0.2, -0.15) is 0 Å². The van der Waals surface area contributed by atoms with Crippen LogP contribution in [0.4, 0.5) is 5.69 Å². The first-order valence-electron chi connectivity index (χ1n) is 10.6. The zero-order chi connectivity index (χ0) is 21.9. The molecule has 2 N–H and O–H groups in total. The minimum Gasteiger partial charge on any atom is -0.496 e. The van der Waals surface area contributed by atoms with E-state index in [1.54, 1.807) is 7.11 Å². The molecule has 0 aliphatic carbocycles. The smallest absolute Gasteiger partial charge is 0.250 e. The molecule has 0 bridgehead atoms. The van der Waals surface area contributed by atoms with Gasteiger partial charge in [0, 0.05) is 22.9 Å². The Hall–Kier alpha value is -3.19. The third kappa shape index (κ3) is 2.59. The number of hydrogen-bond acceptors (Lipinski definition) is 5. The number of carbonyl (C=O) groups is 3. The van der Waals surface area contributed by atoms with Gasteiger partial charge in [0.25, 0.3) is 0 Å². The summed E-state index contributed by atoms with van der Waals surface area (Å²) in [4.78, 5) is 41.9. The van der Waals surface area contributed by atoms with E-state index >= 15 is 0 Å². The van der Waals surface area contributed by atoms with Gasteiger partial charge < -0.3 is 10.1 Å². The number of nitrogens with zero attached hydrogens (tertiary/aromatic N) is 1. The van der Waals surface area contributed by atoms with Crippen LogP contribution in [-0.2, 0) is 26.5 Å². The summed E-state index contributed by atoms with van der Waals surface area (Å²) in [5.74, 6) is -1.52. The number of likely N-dealkylation sites (tertiary alicyclic amines) is 1. The van der Waals surface area contributed by atoms with E-state index in [2.05, 4.69) is 10.6 Å². The maximum Gasteiger partial charge on any atom is 0.250 e. The minimum atomic E-state index is -1.24. The second-order valence-electron chi connectivity index (χ2n) is 8.80. The Bertz CT molecular complexity index is 1100. The lowest BCUT2D eigenvalue weighted by molar-refractivity contribution is -0.143. The van der Waals surface area contributed by atoms with Crippen molar-refractivity contribution in [1.82, 2.24) is 10.2 Å². The fourth-order valence-corrected chi connectivity index (χ4v) is 5.48. The SMILES string of the molecule is COc1ccccc1CN1C(=O)[C@@H]2[C@@H](C(C)C)N[C@]3(C(=O)Nc4ccccc43)[C@H]2C1=O. The molecule has 3 aliphatic rings. The van der Waals surface area contributed by atoms with Crippen molar-refractivity contribution in [3.05, 3.63) is 59.7 Å². The first-order chi connectivity index (χ1) is 14.9. The maximum atomic E-state index is 13.7. The number of anilines is 1. The van der Waals surface area contributed by atoms with Crippen LogP contribution in [0.15, 0.2) is 48.5 Å². The molecule has 3 heterocycles. The largest absolute Gasteiger partial charge is 0.496 e. The van der Waals surface area contributed by atoms with Crippen LogP contribution in [0.2, 0.25) is 0 Å². The van der Waals surface area contributed by atoms with Crippen molar-refractivity contribution >= 4 is 23.4 Å². The van der Waals surface area contributed by atoms with Gasteiger partial charge in [0.2, 0.25) is 17.7 Å². The Morgan fingerprint density at radius 2 is 1.74 bits per heavy atom. The fraction of sp³-hybridized carbons (Fsp3) is 0.375. The minimum absolute atomic E-state index is 0.0652. The van der Waals surface area contributed by atoms with Crippen LogP contribution in [0.25, 0.3) is 0 Å². The van der Waals surface area contributed by atoms with Crippen molar-refractivity contribution in [2.24, 2.45) is 17.8 Å². The van der Waals surface area contributed by atoms with E-state index in [4.69, 9.17) is 4.74 Å². The summed E-state index contributed by atoms with van der Waals surface area (Å²) in [5.41, 5.74) is 0.939. The average Bonchev–Trinajstić information content (AvgIpc) is 3.35. The van der Waals surface area contributed by atoms with Crippen LogP contribution in [0.3, 0.4) is 0 Å². The summed E-state index contributed by atoms with van der Waals surface area (Å²) in [7, 11) is 1.56. The van der Waals surface area contributed by atoms with Gasteiger partial charge in [-0.1, -0.05) is 50.2 Å². The van der Waals surface area contributed by atoms with Crippen LogP contribution in [-0.4, -0.2) is 35.8 Å². The summed E-state index contributed by atoms with van der Waals surface area (Å²) < 4.78 is 5.41. The number of benzene rings is 2. The standard InChI is InChI=1S/C24H25N3O4/c1-13(2)20-18-19(24(26-20)15-9-5-6-10-16(15)25-23(24)30)22(29)27(21(18)28)12-14-8-4-7-11-17(14)31-3/h4-11,13,18-20,26H,12H2,1-3H3,(H,25,30)/t18-,19+,20+,24-/m0/s1. The van der Waals surface area contributed by atoms with Gasteiger partial charge in [-0.15, -0.1) is 0 Å². The Morgan fingerprint density at radius 3 is 2.48 bits per heavy atom. The van der Waals surface area contributed by atoms with E-state index in [1.807, 2.05) is 62.4 Å². The lowest BCUT2D eigenvalue weighted by Gasteiger charge is -2.30. The number of rotatable bonds is 4. The molecule has 3 amide bonds. The quantitative estimate of drug-likeness (QED) is 0.743. The normalized spacial score (nSPS) is 29.0. The second-order valence-corrected chi connectivity index (χ2v) is 8.80. The van der Waals surface area contributed by atoms with E-state index in [1.165, 1.54) is 4.90 Å². The molecule has 5 rings (SSSR count). The molecule has 7 nitrogen and oxygen atoms in total. The van der Waals surface area contributed by atoms with Gasteiger partial charge >= 0.3 is 0 Å². The highest BCUT2D eigenvalue weighted by molar-refractivity contribution is 6.15. The van der Waals surface area contributed by atoms with E-state index in [-0.39, 0.29) is 36.2 Å².